The van der Waals surface area contributed by atoms with E-state index in [1.54, 1.807) is 32.1 Å². The van der Waals surface area contributed by atoms with E-state index in [-0.39, 0.29) is 18.1 Å². The van der Waals surface area contributed by atoms with Crippen LogP contribution in [0.5, 0.6) is 0 Å². The summed E-state index contributed by atoms with van der Waals surface area (Å²) in [5.41, 5.74) is 0.208. The van der Waals surface area contributed by atoms with Gasteiger partial charge in [0.15, 0.2) is 5.70 Å². The van der Waals surface area contributed by atoms with Crippen molar-refractivity contribution in [2.45, 2.75) is 6.92 Å². The molecule has 0 spiro atoms. The van der Waals surface area contributed by atoms with Crippen molar-refractivity contribution in [3.63, 3.8) is 0 Å². The molecule has 0 aliphatic carbocycles. The van der Waals surface area contributed by atoms with Crippen molar-refractivity contribution in [2.24, 2.45) is 0 Å². The minimum atomic E-state index is -0.511. The first-order valence-electron chi connectivity index (χ1n) is 4.94. The topological polar surface area (TPSA) is 64.6 Å². The van der Waals surface area contributed by atoms with Crippen LogP contribution in [0.4, 0.5) is 5.82 Å². The number of hydrogen-bond donors (Lipinski definition) is 0. The summed E-state index contributed by atoms with van der Waals surface area (Å²) in [5, 5.41) is 7.30. The predicted molar refractivity (Wildman–Crippen MR) is 60.9 cm³/mol. The highest BCUT2D eigenvalue weighted by molar-refractivity contribution is 6.09. The van der Waals surface area contributed by atoms with Crippen molar-refractivity contribution >= 4 is 17.5 Å². The second-order valence-corrected chi connectivity index (χ2v) is 3.33. The molecule has 1 heterocycles. The number of nitrogens with zero attached hydrogens (tertiary/aromatic N) is 5. The molecule has 0 radical (unpaired) electrons. The number of rotatable bonds is 4. The van der Waals surface area contributed by atoms with E-state index in [1.807, 2.05) is 0 Å². The summed E-state index contributed by atoms with van der Waals surface area (Å²) in [6, 6.07) is 0. The van der Waals surface area contributed by atoms with E-state index in [0.29, 0.717) is 0 Å². The van der Waals surface area contributed by atoms with Gasteiger partial charge < -0.3 is 14.5 Å². The van der Waals surface area contributed by atoms with Crippen LogP contribution < -0.4 is 0 Å². The third kappa shape index (κ3) is 3.31. The largest absolute Gasteiger partial charge is 0.461 e. The fraction of sp³-hybridized carbons (Fsp3) is 0.400. The van der Waals surface area contributed by atoms with Crippen LogP contribution in [0.15, 0.2) is 12.4 Å². The van der Waals surface area contributed by atoms with Gasteiger partial charge in [-0.15, -0.1) is 0 Å². The first-order valence-corrected chi connectivity index (χ1v) is 4.94. The summed E-state index contributed by atoms with van der Waals surface area (Å²) in [5.74, 6) is -0.387. The standard InChI is InChI=1S/C10H13N5O2/c1-5-17-10(16)8(6-14(3)4)15-7-9(11-2)12-13-15/h6-7H,5H2,1,3-4H3/b8-6+. The van der Waals surface area contributed by atoms with Crippen LogP contribution >= 0.6 is 0 Å². The molecular formula is C10H13N5O2. The third-order valence-electron chi connectivity index (χ3n) is 1.71. The van der Waals surface area contributed by atoms with Gasteiger partial charge in [0.25, 0.3) is 0 Å². The molecule has 0 saturated carbocycles. The zero-order chi connectivity index (χ0) is 12.8. The average molecular weight is 235 g/mol. The Morgan fingerprint density at radius 2 is 2.41 bits per heavy atom. The Labute approximate surface area is 99.1 Å². The lowest BCUT2D eigenvalue weighted by atomic mass is 10.4. The minimum absolute atomic E-state index is 0.124. The van der Waals surface area contributed by atoms with Crippen LogP contribution in [0.1, 0.15) is 6.92 Å². The van der Waals surface area contributed by atoms with Crippen LogP contribution in [-0.2, 0) is 9.53 Å². The lowest BCUT2D eigenvalue weighted by molar-refractivity contribution is -0.136. The molecular weight excluding hydrogens is 222 g/mol. The van der Waals surface area contributed by atoms with Crippen molar-refractivity contribution < 1.29 is 9.53 Å². The van der Waals surface area contributed by atoms with Crippen molar-refractivity contribution in [2.75, 3.05) is 20.7 Å². The second-order valence-electron chi connectivity index (χ2n) is 3.33. The lowest BCUT2D eigenvalue weighted by Crippen LogP contribution is -2.16. The highest BCUT2D eigenvalue weighted by Crippen LogP contribution is 2.11. The van der Waals surface area contributed by atoms with Gasteiger partial charge in [0.2, 0.25) is 0 Å². The highest BCUT2D eigenvalue weighted by atomic mass is 16.5. The molecule has 1 aromatic heterocycles. The van der Waals surface area contributed by atoms with Crippen LogP contribution in [0.2, 0.25) is 0 Å². The van der Waals surface area contributed by atoms with E-state index in [1.165, 1.54) is 10.9 Å². The highest BCUT2D eigenvalue weighted by Gasteiger charge is 2.16. The number of hydrogen-bond acceptors (Lipinski definition) is 5. The molecule has 17 heavy (non-hydrogen) atoms. The molecule has 0 fully saturated rings. The molecule has 7 heteroatoms. The molecule has 0 aliphatic heterocycles. The third-order valence-corrected chi connectivity index (χ3v) is 1.71. The minimum Gasteiger partial charge on any atom is -0.461 e. The Morgan fingerprint density at radius 3 is 2.88 bits per heavy atom. The monoisotopic (exact) mass is 235 g/mol. The summed E-state index contributed by atoms with van der Waals surface area (Å²) in [6.07, 6.45) is 2.93. The van der Waals surface area contributed by atoms with Crippen LogP contribution in [0.3, 0.4) is 0 Å². The Balaban J connectivity index is 3.07. The normalized spacial score (nSPS) is 10.8. The maximum Gasteiger partial charge on any atom is 0.358 e. The molecule has 0 amide bonds. The quantitative estimate of drug-likeness (QED) is 0.438. The van der Waals surface area contributed by atoms with E-state index < -0.39 is 5.97 Å². The fourth-order valence-electron chi connectivity index (χ4n) is 1.08. The number of esters is 1. The first kappa shape index (κ1) is 12.7. The molecule has 0 aliphatic rings. The Bertz CT molecular complexity index is 469. The van der Waals surface area contributed by atoms with Gasteiger partial charge in [-0.25, -0.2) is 9.48 Å². The molecule has 0 bridgehead atoms. The van der Waals surface area contributed by atoms with E-state index in [2.05, 4.69) is 15.2 Å². The maximum atomic E-state index is 11.7. The Kier molecular flexibility index (Phi) is 4.22. The van der Waals surface area contributed by atoms with Crippen molar-refractivity contribution in [3.8, 4) is 0 Å². The molecule has 1 rings (SSSR count). The van der Waals surface area contributed by atoms with Crippen LogP contribution in [-0.4, -0.2) is 46.6 Å². The van der Waals surface area contributed by atoms with E-state index >= 15 is 0 Å². The second kappa shape index (κ2) is 5.65. The zero-order valence-corrected chi connectivity index (χ0v) is 9.91. The number of carbonyl (C=O) groups excluding carboxylic acids is 1. The molecule has 0 unspecified atom stereocenters. The summed E-state index contributed by atoms with van der Waals surface area (Å²) in [6.45, 7) is 8.78. The van der Waals surface area contributed by atoms with E-state index in [9.17, 15) is 4.79 Å². The van der Waals surface area contributed by atoms with E-state index in [0.717, 1.165) is 0 Å². The summed E-state index contributed by atoms with van der Waals surface area (Å²) in [7, 11) is 3.54. The van der Waals surface area contributed by atoms with Gasteiger partial charge in [-0.1, -0.05) is 6.57 Å². The van der Waals surface area contributed by atoms with Gasteiger partial charge in [0.1, 0.15) is 0 Å². The summed E-state index contributed by atoms with van der Waals surface area (Å²) < 4.78 is 6.13. The molecule has 0 N–H and O–H groups in total. The first-order chi connectivity index (χ1) is 8.08. The van der Waals surface area contributed by atoms with E-state index in [4.69, 9.17) is 11.3 Å². The molecule has 1 aromatic rings. The molecule has 0 atom stereocenters. The van der Waals surface area contributed by atoms with Crippen LogP contribution in [0.25, 0.3) is 10.5 Å². The smallest absolute Gasteiger partial charge is 0.358 e. The van der Waals surface area contributed by atoms with Gasteiger partial charge in [-0.05, 0) is 6.92 Å². The maximum absolute atomic E-state index is 11.7. The molecule has 90 valence electrons. The van der Waals surface area contributed by atoms with Crippen molar-refractivity contribution in [1.82, 2.24) is 19.9 Å². The number of aromatic nitrogens is 3. The molecule has 0 aromatic carbocycles. The fourth-order valence-corrected chi connectivity index (χ4v) is 1.08. The van der Waals surface area contributed by atoms with Crippen LogP contribution in [0, 0.1) is 6.57 Å². The number of ether oxygens (including phenoxy) is 1. The van der Waals surface area contributed by atoms with Gasteiger partial charge in [0.05, 0.1) is 12.8 Å². The van der Waals surface area contributed by atoms with Crippen molar-refractivity contribution in [1.29, 1.82) is 0 Å². The Hall–Kier alpha value is -2.36. The van der Waals surface area contributed by atoms with Gasteiger partial charge in [-0.2, -0.15) is 0 Å². The Morgan fingerprint density at radius 1 is 1.71 bits per heavy atom. The summed E-state index contributed by atoms with van der Waals surface area (Å²) in [4.78, 5) is 16.5. The predicted octanol–water partition coefficient (Wildman–Crippen LogP) is 0.752. The average Bonchev–Trinajstić information content (AvgIpc) is 2.74. The number of carbonyl (C=O) groups is 1. The van der Waals surface area contributed by atoms with Gasteiger partial charge in [0, 0.05) is 30.6 Å². The molecule has 0 saturated heterocycles. The van der Waals surface area contributed by atoms with Crippen molar-refractivity contribution in [3.05, 3.63) is 23.8 Å². The molecule has 7 nitrogen and oxygen atoms in total. The SMILES string of the molecule is [C-]#[N+]c1cn(/C(=C/N(C)C)C(=O)OCC)nn1. The van der Waals surface area contributed by atoms with Gasteiger partial charge in [-0.3, -0.25) is 0 Å². The van der Waals surface area contributed by atoms with Gasteiger partial charge >= 0.3 is 11.8 Å². The lowest BCUT2D eigenvalue weighted by Gasteiger charge is -2.10. The zero-order valence-electron chi connectivity index (χ0n) is 9.91. The summed E-state index contributed by atoms with van der Waals surface area (Å²) >= 11 is 0.